The van der Waals surface area contributed by atoms with E-state index in [1.165, 1.54) is 257 Å². The van der Waals surface area contributed by atoms with Crippen LogP contribution < -0.4 is 0 Å². The summed E-state index contributed by atoms with van der Waals surface area (Å²) >= 11 is 0. The normalized spacial score (nSPS) is 22.4. The van der Waals surface area contributed by atoms with Gasteiger partial charge in [-0.05, 0) is 37.5 Å². The maximum Gasteiger partial charge on any atom is 0.306 e. The zero-order chi connectivity index (χ0) is 63.2. The molecule has 4 unspecified atom stereocenters. The molecule has 0 radical (unpaired) electrons. The highest BCUT2D eigenvalue weighted by Gasteiger charge is 2.50. The lowest BCUT2D eigenvalue weighted by Gasteiger charge is -2.44. The van der Waals surface area contributed by atoms with Crippen molar-refractivity contribution in [3.05, 3.63) is 0 Å². The van der Waals surface area contributed by atoms with Gasteiger partial charge in [-0.25, -0.2) is 0 Å². The van der Waals surface area contributed by atoms with Crippen molar-refractivity contribution in [2.45, 2.75) is 436 Å². The van der Waals surface area contributed by atoms with Crippen LogP contribution in [0.4, 0.5) is 0 Å². The molecule has 2 saturated heterocycles. The summed E-state index contributed by atoms with van der Waals surface area (Å²) in [6.07, 6.45) is 48.8. The molecule has 0 spiro atoms. The highest BCUT2D eigenvalue weighted by atomic mass is 16.8. The molecule has 2 rings (SSSR count). The van der Waals surface area contributed by atoms with Gasteiger partial charge in [0.2, 0.25) is 0 Å². The average molecular weight is 1240 g/mol. The minimum atomic E-state index is -1.81. The predicted octanol–water partition coefficient (Wildman–Crippen LogP) is 18.1. The molecule has 2 fully saturated rings. The first-order chi connectivity index (χ1) is 42.5. The zero-order valence-corrected chi connectivity index (χ0v) is 57.1. The summed E-state index contributed by atoms with van der Waals surface area (Å²) in [4.78, 5) is 27.1. The van der Waals surface area contributed by atoms with Gasteiger partial charge in [-0.2, -0.15) is 0 Å². The molecule has 13 heteroatoms. The second-order valence-electron chi connectivity index (χ2n) is 27.4. The van der Waals surface area contributed by atoms with Gasteiger partial charge in [0, 0.05) is 12.8 Å². The number of unbranched alkanes of at least 4 members (excludes halogenated alkanes) is 44. The number of carbonyl (C=O) groups is 2. The van der Waals surface area contributed by atoms with E-state index in [4.69, 9.17) is 23.7 Å². The van der Waals surface area contributed by atoms with Gasteiger partial charge >= 0.3 is 11.9 Å². The van der Waals surface area contributed by atoms with Gasteiger partial charge in [0.25, 0.3) is 0 Å². The Hall–Kier alpha value is -1.42. The van der Waals surface area contributed by atoms with Crippen LogP contribution in [0.15, 0.2) is 0 Å². The van der Waals surface area contributed by atoms with Crippen LogP contribution in [0.2, 0.25) is 0 Å². The Morgan fingerprint density at radius 3 is 0.690 bits per heavy atom. The van der Waals surface area contributed by atoms with E-state index in [1.54, 1.807) is 0 Å². The quantitative estimate of drug-likeness (QED) is 0.0248. The van der Waals surface area contributed by atoms with Crippen LogP contribution in [0.3, 0.4) is 0 Å². The van der Waals surface area contributed by atoms with Crippen LogP contribution >= 0.6 is 0 Å². The van der Waals surface area contributed by atoms with Crippen LogP contribution in [0, 0.1) is 11.8 Å². The van der Waals surface area contributed by atoms with Gasteiger partial charge in [0.1, 0.15) is 62.0 Å². The van der Waals surface area contributed by atoms with Gasteiger partial charge in [-0.3, -0.25) is 9.59 Å². The van der Waals surface area contributed by atoms with Crippen molar-refractivity contribution in [2.24, 2.45) is 11.8 Å². The molecule has 0 aromatic heterocycles. The van der Waals surface area contributed by atoms with E-state index in [1.807, 2.05) is 0 Å². The summed E-state index contributed by atoms with van der Waals surface area (Å²) in [5.41, 5.74) is 0. The van der Waals surface area contributed by atoms with Gasteiger partial charge in [-0.15, -0.1) is 0 Å². The topological polar surface area (TPSA) is 202 Å². The van der Waals surface area contributed by atoms with Crippen molar-refractivity contribution in [1.82, 2.24) is 0 Å². The van der Waals surface area contributed by atoms with Crippen LogP contribution in [0.5, 0.6) is 0 Å². The Balaban J connectivity index is 1.94. The lowest BCUT2D eigenvalue weighted by Crippen LogP contribution is -2.64. The number of aliphatic hydroxyl groups excluding tert-OH is 6. The molecule has 0 saturated carbocycles. The fourth-order valence-corrected chi connectivity index (χ4v) is 13.2. The summed E-state index contributed by atoms with van der Waals surface area (Å²) in [5.74, 6) is -0.518. The summed E-state index contributed by atoms with van der Waals surface area (Å²) in [7, 11) is 0. The number of hydrogen-bond donors (Lipinski definition) is 6. The highest BCUT2D eigenvalue weighted by molar-refractivity contribution is 5.70. The Labute approximate surface area is 534 Å². The molecule has 10 atom stereocenters. The molecule has 0 bridgehead atoms. The van der Waals surface area contributed by atoms with Crippen LogP contribution in [-0.4, -0.2) is 117 Å². The third-order valence-corrected chi connectivity index (χ3v) is 19.2. The Morgan fingerprint density at radius 1 is 0.287 bits per heavy atom. The molecule has 87 heavy (non-hydrogen) atoms. The smallest absolute Gasteiger partial charge is 0.306 e. The van der Waals surface area contributed by atoms with Crippen molar-refractivity contribution >= 4 is 11.9 Å². The molecule has 0 aromatic rings. The fraction of sp³-hybridized carbons (Fsp3) is 0.973. The molecule has 0 aliphatic carbocycles. The molecule has 13 nitrogen and oxygen atoms in total. The molecule has 0 aromatic carbocycles. The Morgan fingerprint density at radius 2 is 0.483 bits per heavy atom. The Bertz CT molecular complexity index is 1360. The third-order valence-electron chi connectivity index (χ3n) is 19.2. The maximum atomic E-state index is 13.5. The average Bonchev–Trinajstić information content (AvgIpc) is 2.28. The van der Waals surface area contributed by atoms with Crippen molar-refractivity contribution in [1.29, 1.82) is 0 Å². The lowest BCUT2D eigenvalue weighted by atomic mass is 9.91. The number of esters is 2. The van der Waals surface area contributed by atoms with Crippen molar-refractivity contribution in [3.63, 3.8) is 0 Å². The molecule has 2 aliphatic heterocycles. The number of carbonyl (C=O) groups excluding carboxylic acids is 2. The fourth-order valence-electron chi connectivity index (χ4n) is 13.2. The predicted molar refractivity (Wildman–Crippen MR) is 355 cm³/mol. The van der Waals surface area contributed by atoms with Gasteiger partial charge in [0.05, 0.1) is 0 Å². The molecule has 2 heterocycles. The second-order valence-corrected chi connectivity index (χ2v) is 27.4. The highest BCUT2D eigenvalue weighted by Crippen LogP contribution is 2.31. The number of hydrogen-bond acceptors (Lipinski definition) is 13. The second kappa shape index (κ2) is 57.3. The van der Waals surface area contributed by atoms with E-state index in [9.17, 15) is 40.2 Å². The minimum absolute atomic E-state index is 0.165. The van der Waals surface area contributed by atoms with E-state index in [2.05, 4.69) is 27.7 Å². The first-order valence-corrected chi connectivity index (χ1v) is 37.8. The first kappa shape index (κ1) is 81.7. The number of rotatable bonds is 62. The number of ether oxygens (including phenoxy) is 5. The van der Waals surface area contributed by atoms with E-state index in [-0.39, 0.29) is 24.7 Å². The van der Waals surface area contributed by atoms with Crippen molar-refractivity contribution in [2.75, 3.05) is 13.2 Å². The van der Waals surface area contributed by atoms with E-state index < -0.39 is 86.6 Å². The maximum absolute atomic E-state index is 13.5. The first-order valence-electron chi connectivity index (χ1n) is 37.8. The van der Waals surface area contributed by atoms with E-state index in [0.717, 1.165) is 77.0 Å². The molecule has 6 N–H and O–H groups in total. The monoisotopic (exact) mass is 1240 g/mol. The zero-order valence-electron chi connectivity index (χ0n) is 57.1. The summed E-state index contributed by atoms with van der Waals surface area (Å²) in [6, 6.07) is 0. The van der Waals surface area contributed by atoms with Gasteiger partial charge < -0.3 is 54.3 Å². The van der Waals surface area contributed by atoms with Crippen LogP contribution in [0.25, 0.3) is 0 Å². The van der Waals surface area contributed by atoms with Gasteiger partial charge in [0.15, 0.2) is 12.6 Å². The number of aliphatic hydroxyl groups is 6. The summed E-state index contributed by atoms with van der Waals surface area (Å²) in [5, 5.41) is 66.1. The van der Waals surface area contributed by atoms with Crippen LogP contribution in [0.1, 0.15) is 374 Å². The molecule has 516 valence electrons. The summed E-state index contributed by atoms with van der Waals surface area (Å²) in [6.45, 7) is 8.20. The molecule has 0 amide bonds. The SMILES string of the molecule is CCCCCCCCCCCCCCC(CCCCCCCCCCCCCC)CC(=O)OCC1O[C@@H](O[C@@H]2OC(COC(=O)CC(CCCCCCCCCCCCCC)CCCCCCCCCCCCCC)[C@H](O)[C@H](O)C2O)C(O)[C@@H](O)[C@H]1O. The summed E-state index contributed by atoms with van der Waals surface area (Å²) < 4.78 is 29.1. The van der Waals surface area contributed by atoms with E-state index >= 15 is 0 Å². The van der Waals surface area contributed by atoms with Gasteiger partial charge in [-0.1, -0.05) is 336 Å². The van der Waals surface area contributed by atoms with Crippen molar-refractivity contribution < 1.29 is 63.9 Å². The standard InChI is InChI=1S/C74H142O13/c1-5-9-13-17-21-25-29-33-37-41-45-49-53-61(54-50-46-42-38-34-30-26-22-18-14-10-6-2)57-65(75)83-59-63-67(77)69(79)71(81)73(85-63)87-74-72(82)70(80)68(78)64(86-74)60-84-66(76)58-62(55-51-47-43-39-35-31-27-23-19-15-11-7-3)56-52-48-44-40-36-32-28-24-20-16-12-8-4/h61-64,67-74,77-82H,5-60H2,1-4H3/t63?,64?,67-,68-,69-,70-,71?,72?,73-,74-/m0/s1. The minimum Gasteiger partial charge on any atom is -0.463 e. The molecular weight excluding hydrogens is 1100 g/mol. The van der Waals surface area contributed by atoms with E-state index in [0.29, 0.717) is 0 Å². The Kier molecular flexibility index (Phi) is 53.8. The van der Waals surface area contributed by atoms with Crippen LogP contribution in [-0.2, 0) is 33.3 Å². The largest absolute Gasteiger partial charge is 0.463 e. The third kappa shape index (κ3) is 42.4. The molecule has 2 aliphatic rings. The lowest BCUT2D eigenvalue weighted by molar-refractivity contribution is -0.376. The van der Waals surface area contributed by atoms with Crippen molar-refractivity contribution in [3.8, 4) is 0 Å². The molecular formula is C74H142O13.